The Morgan fingerprint density at radius 2 is 2.27 bits per heavy atom. The maximum atomic E-state index is 13.6. The smallest absolute Gasteiger partial charge is 0.252 e. The molecule has 1 fully saturated rings. The maximum Gasteiger partial charge on any atom is 0.252 e. The number of halogens is 1. The summed E-state index contributed by atoms with van der Waals surface area (Å²) < 4.78 is 40.2. The van der Waals surface area contributed by atoms with E-state index in [1.54, 1.807) is 7.85 Å². The Balaban J connectivity index is 2.68. The Morgan fingerprint density at radius 3 is 2.73 bits per heavy atom. The van der Waals surface area contributed by atoms with Crippen molar-refractivity contribution in [2.24, 2.45) is 0 Å². The summed E-state index contributed by atoms with van der Waals surface area (Å²) in [5.41, 5.74) is 0. The molecule has 1 aliphatic heterocycles. The highest BCUT2D eigenvalue weighted by Gasteiger charge is 2.45. The van der Waals surface area contributed by atoms with Gasteiger partial charge in [0.1, 0.15) is 26.2 Å². The van der Waals surface area contributed by atoms with Crippen molar-refractivity contribution in [3.63, 3.8) is 0 Å². The Hall–Kier alpha value is 0.455. The van der Waals surface area contributed by atoms with Crippen LogP contribution in [-0.2, 0) is 18.6 Å². The van der Waals surface area contributed by atoms with Gasteiger partial charge in [-0.25, -0.2) is 4.39 Å². The van der Waals surface area contributed by atoms with E-state index in [0.717, 1.165) is 0 Å². The van der Waals surface area contributed by atoms with Crippen molar-refractivity contribution in [3.8, 4) is 0 Å². The van der Waals surface area contributed by atoms with Gasteiger partial charge in [0.05, 0.1) is 12.6 Å². The molecule has 0 spiro atoms. The summed E-state index contributed by atoms with van der Waals surface area (Å²) in [6, 6.07) is -0.574. The second-order valence-electron chi connectivity index (χ2n) is 3.65. The molecule has 1 saturated heterocycles. The number of thiol groups is 1. The molecule has 0 radical (unpaired) electrons. The van der Waals surface area contributed by atoms with Crippen LogP contribution >= 0.6 is 18.8 Å². The van der Waals surface area contributed by atoms with Gasteiger partial charge in [-0.05, 0) is 0 Å². The average Bonchev–Trinajstić information content (AvgIpc) is 2.32. The summed E-state index contributed by atoms with van der Waals surface area (Å²) in [5, 5.41) is 0. The van der Waals surface area contributed by atoms with Crippen LogP contribution in [-0.4, -0.2) is 52.6 Å². The van der Waals surface area contributed by atoms with E-state index < -0.39 is 31.0 Å². The van der Waals surface area contributed by atoms with E-state index in [1.165, 1.54) is 13.8 Å². The van der Waals surface area contributed by atoms with E-state index in [-0.39, 0.29) is 6.61 Å². The summed E-state index contributed by atoms with van der Waals surface area (Å²) in [6.45, 7) is -1.48. The number of alkyl halides is 1. The molecule has 1 aliphatic rings. The first-order valence-corrected chi connectivity index (χ1v) is 7.84. The lowest BCUT2D eigenvalue weighted by Crippen LogP contribution is -2.33. The van der Waals surface area contributed by atoms with Gasteiger partial charge in [0.15, 0.2) is 0 Å². The normalized spacial score (nSPS) is 40.3. The first-order valence-electron chi connectivity index (χ1n) is 4.62. The van der Waals surface area contributed by atoms with Crippen LogP contribution in [0, 0.1) is 0 Å². The van der Waals surface area contributed by atoms with Crippen molar-refractivity contribution < 1.29 is 23.0 Å². The molecular formula is C7H15BFO4PS. The number of hydrogen-bond donors (Lipinski definition) is 1. The lowest BCUT2D eigenvalue weighted by molar-refractivity contribution is -0.00923. The van der Waals surface area contributed by atoms with Gasteiger partial charge >= 0.3 is 0 Å². The van der Waals surface area contributed by atoms with E-state index in [4.69, 9.17) is 14.0 Å². The highest BCUT2D eigenvalue weighted by molar-refractivity contribution is 8.46. The number of ether oxygens (including phenoxy) is 2. The van der Waals surface area contributed by atoms with Crippen LogP contribution in [0.4, 0.5) is 4.39 Å². The summed E-state index contributed by atoms with van der Waals surface area (Å²) in [7, 11) is 3.10. The Morgan fingerprint density at radius 1 is 1.67 bits per heavy atom. The van der Waals surface area contributed by atoms with E-state index in [1.807, 2.05) is 0 Å². The fourth-order valence-corrected chi connectivity index (χ4v) is 2.58. The van der Waals surface area contributed by atoms with Crippen molar-refractivity contribution >= 4 is 26.7 Å². The van der Waals surface area contributed by atoms with Crippen molar-refractivity contribution in [2.75, 3.05) is 20.4 Å². The largest absolute Gasteiger partial charge is 0.382 e. The zero-order chi connectivity index (χ0) is 11.6. The molecule has 5 atom stereocenters. The summed E-state index contributed by atoms with van der Waals surface area (Å²) in [5.74, 6) is 0. The van der Waals surface area contributed by atoms with Crippen LogP contribution in [0.3, 0.4) is 0 Å². The van der Waals surface area contributed by atoms with Gasteiger partial charge in [0, 0.05) is 13.8 Å². The number of methoxy groups -OCH3 is 1. The predicted octanol–water partition coefficient (Wildman–Crippen LogP) is 0.467. The van der Waals surface area contributed by atoms with Gasteiger partial charge in [-0.15, -0.1) is 0 Å². The summed E-state index contributed by atoms with van der Waals surface area (Å²) >= 11 is 3.78. The first-order chi connectivity index (χ1) is 6.85. The highest BCUT2D eigenvalue weighted by atomic mass is 32.7. The van der Waals surface area contributed by atoms with Gasteiger partial charge in [0.2, 0.25) is 0 Å². The van der Waals surface area contributed by atoms with Crippen LogP contribution in [0.2, 0.25) is 0 Å². The van der Waals surface area contributed by atoms with Gasteiger partial charge in [0.25, 0.3) is 6.57 Å². The molecule has 0 aliphatic carbocycles. The molecular weight excluding hydrogens is 241 g/mol. The van der Waals surface area contributed by atoms with Gasteiger partial charge in [-0.2, -0.15) is 0 Å². The Kier molecular flexibility index (Phi) is 4.68. The van der Waals surface area contributed by atoms with Crippen molar-refractivity contribution in [1.29, 1.82) is 0 Å². The maximum absolute atomic E-state index is 13.6. The van der Waals surface area contributed by atoms with E-state index in [2.05, 4.69) is 12.2 Å². The molecule has 1 heterocycles. The molecule has 4 nitrogen and oxygen atoms in total. The third kappa shape index (κ3) is 3.75. The lowest BCUT2D eigenvalue weighted by atomic mass is 9.94. The van der Waals surface area contributed by atoms with Crippen LogP contribution in [0.15, 0.2) is 0 Å². The summed E-state index contributed by atoms with van der Waals surface area (Å²) in [6.07, 6.45) is -2.70. The lowest BCUT2D eigenvalue weighted by Gasteiger charge is -2.21. The minimum Gasteiger partial charge on any atom is -0.382 e. The quantitative estimate of drug-likeness (QED) is 0.451. The molecule has 15 heavy (non-hydrogen) atoms. The van der Waals surface area contributed by atoms with E-state index in [0.29, 0.717) is 0 Å². The highest BCUT2D eigenvalue weighted by Crippen LogP contribution is 2.50. The molecule has 0 N–H and O–H groups in total. The van der Waals surface area contributed by atoms with Crippen molar-refractivity contribution in [2.45, 2.75) is 24.4 Å². The topological polar surface area (TPSA) is 44.8 Å². The molecule has 2 unspecified atom stereocenters. The minimum atomic E-state index is -3.02. The second-order valence-corrected chi connectivity index (χ2v) is 7.65. The van der Waals surface area contributed by atoms with Crippen molar-refractivity contribution in [3.05, 3.63) is 0 Å². The fraction of sp³-hybridized carbons (Fsp3) is 1.00. The monoisotopic (exact) mass is 256 g/mol. The molecule has 1 rings (SSSR count). The molecule has 0 aromatic carbocycles. The molecule has 0 amide bonds. The SMILES string of the molecule is B[C@@H]1O[C@H](COC)C(OP(C)(=O)S)[C@H]1F. The third-order valence-electron chi connectivity index (χ3n) is 2.17. The Labute approximate surface area is 94.9 Å². The fourth-order valence-electron chi connectivity index (χ4n) is 1.55. The van der Waals surface area contributed by atoms with Crippen LogP contribution in [0.5, 0.6) is 0 Å². The zero-order valence-electron chi connectivity index (χ0n) is 8.92. The first kappa shape index (κ1) is 13.5. The zero-order valence-corrected chi connectivity index (χ0v) is 10.7. The predicted molar refractivity (Wildman–Crippen MR) is 61.4 cm³/mol. The number of rotatable bonds is 4. The number of hydrogen-bond acceptors (Lipinski definition) is 4. The standard InChI is InChI=1S/C7H15BFO4PS/c1-11-3-4-6(13-14(2,10)15)5(9)7(8)12-4/h4-7H,3,8H2,1-2H3,(H,10,15)/t4-,5-,6?,7-,14?/m1/s1. The third-order valence-corrected chi connectivity index (χ3v) is 3.08. The van der Waals surface area contributed by atoms with E-state index >= 15 is 0 Å². The molecule has 0 aromatic heterocycles. The average molecular weight is 256 g/mol. The van der Waals surface area contributed by atoms with Crippen molar-refractivity contribution in [1.82, 2.24) is 0 Å². The van der Waals surface area contributed by atoms with Crippen LogP contribution in [0.1, 0.15) is 0 Å². The molecule has 0 bridgehead atoms. The van der Waals surface area contributed by atoms with Gasteiger partial charge < -0.3 is 14.0 Å². The van der Waals surface area contributed by atoms with Gasteiger partial charge in [-0.1, -0.05) is 12.2 Å². The van der Waals surface area contributed by atoms with E-state index in [9.17, 15) is 8.96 Å². The minimum absolute atomic E-state index is 0.212. The van der Waals surface area contributed by atoms with Gasteiger partial charge in [-0.3, -0.25) is 4.57 Å². The molecule has 8 heteroatoms. The summed E-state index contributed by atoms with van der Waals surface area (Å²) in [4.78, 5) is 0. The second kappa shape index (κ2) is 5.19. The van der Waals surface area contributed by atoms with Crippen LogP contribution in [0.25, 0.3) is 0 Å². The molecule has 0 saturated carbocycles. The molecule has 0 aromatic rings. The molecule has 88 valence electrons. The van der Waals surface area contributed by atoms with Crippen LogP contribution < -0.4 is 0 Å². The Bertz CT molecular complexity index is 263.